The Morgan fingerprint density at radius 3 is 3.10 bits per heavy atom. The standard InChI is InChI=1S/C14H23N5O/c1-19-9-16-18-13(19)6-7-15-14(20)12-8-10-4-2-3-5-11(10)17-12/h9-12,17H,2-8H2,1H3,(H,15,20). The first-order chi connectivity index (χ1) is 9.74. The van der Waals surface area contributed by atoms with Crippen molar-refractivity contribution >= 4 is 5.91 Å². The molecule has 0 spiro atoms. The number of hydrogen-bond acceptors (Lipinski definition) is 4. The fourth-order valence-corrected chi connectivity index (χ4v) is 3.48. The van der Waals surface area contributed by atoms with Gasteiger partial charge in [0, 0.05) is 26.1 Å². The summed E-state index contributed by atoms with van der Waals surface area (Å²) in [5.74, 6) is 1.75. The van der Waals surface area contributed by atoms with E-state index in [2.05, 4.69) is 20.8 Å². The van der Waals surface area contributed by atoms with E-state index in [-0.39, 0.29) is 11.9 Å². The zero-order valence-electron chi connectivity index (χ0n) is 12.0. The molecule has 1 aliphatic heterocycles. The predicted octanol–water partition coefficient (Wildman–Crippen LogP) is 0.394. The minimum Gasteiger partial charge on any atom is -0.354 e. The molecule has 6 nitrogen and oxygen atoms in total. The summed E-state index contributed by atoms with van der Waals surface area (Å²) in [7, 11) is 1.92. The van der Waals surface area contributed by atoms with Crippen molar-refractivity contribution in [3.63, 3.8) is 0 Å². The molecule has 6 heteroatoms. The smallest absolute Gasteiger partial charge is 0.237 e. The first kappa shape index (κ1) is 13.5. The lowest BCUT2D eigenvalue weighted by Gasteiger charge is -2.24. The molecule has 1 saturated heterocycles. The van der Waals surface area contributed by atoms with Gasteiger partial charge in [0.1, 0.15) is 12.2 Å². The monoisotopic (exact) mass is 277 g/mol. The third kappa shape index (κ3) is 2.85. The molecule has 2 N–H and O–H groups in total. The van der Waals surface area contributed by atoms with Crippen LogP contribution in [0.25, 0.3) is 0 Å². The van der Waals surface area contributed by atoms with Gasteiger partial charge in [0.15, 0.2) is 0 Å². The molecule has 110 valence electrons. The average Bonchev–Trinajstić information content (AvgIpc) is 3.05. The number of carbonyl (C=O) groups is 1. The van der Waals surface area contributed by atoms with Gasteiger partial charge in [-0.25, -0.2) is 0 Å². The molecule has 0 bridgehead atoms. The largest absolute Gasteiger partial charge is 0.354 e. The molecule has 3 unspecified atom stereocenters. The molecule has 2 aliphatic rings. The van der Waals surface area contributed by atoms with E-state index in [0.29, 0.717) is 18.5 Å². The fourth-order valence-electron chi connectivity index (χ4n) is 3.48. The van der Waals surface area contributed by atoms with Gasteiger partial charge in [0.2, 0.25) is 5.91 Å². The molecule has 20 heavy (non-hydrogen) atoms. The Balaban J connectivity index is 1.44. The molecule has 1 saturated carbocycles. The maximum atomic E-state index is 12.2. The summed E-state index contributed by atoms with van der Waals surface area (Å²) >= 11 is 0. The van der Waals surface area contributed by atoms with E-state index in [4.69, 9.17) is 0 Å². The third-order valence-corrected chi connectivity index (χ3v) is 4.63. The maximum Gasteiger partial charge on any atom is 0.237 e. The molecule has 3 rings (SSSR count). The first-order valence-electron chi connectivity index (χ1n) is 7.60. The highest BCUT2D eigenvalue weighted by atomic mass is 16.2. The lowest BCUT2D eigenvalue weighted by atomic mass is 9.85. The molecule has 0 radical (unpaired) electrons. The number of amides is 1. The maximum absolute atomic E-state index is 12.2. The van der Waals surface area contributed by atoms with E-state index in [1.807, 2.05) is 11.6 Å². The van der Waals surface area contributed by atoms with Crippen molar-refractivity contribution in [1.29, 1.82) is 0 Å². The van der Waals surface area contributed by atoms with Crippen molar-refractivity contribution in [2.24, 2.45) is 13.0 Å². The molecule has 1 amide bonds. The van der Waals surface area contributed by atoms with E-state index in [1.165, 1.54) is 25.7 Å². The van der Waals surface area contributed by atoms with Crippen molar-refractivity contribution in [3.8, 4) is 0 Å². The van der Waals surface area contributed by atoms with Gasteiger partial charge in [0.05, 0.1) is 6.04 Å². The van der Waals surface area contributed by atoms with Gasteiger partial charge in [-0.3, -0.25) is 4.79 Å². The van der Waals surface area contributed by atoms with Crippen LogP contribution < -0.4 is 10.6 Å². The Bertz CT molecular complexity index is 458. The second-order valence-corrected chi connectivity index (χ2v) is 6.01. The first-order valence-corrected chi connectivity index (χ1v) is 7.60. The third-order valence-electron chi connectivity index (χ3n) is 4.63. The van der Waals surface area contributed by atoms with E-state index in [1.54, 1.807) is 6.33 Å². The Kier molecular flexibility index (Phi) is 4.00. The molecular formula is C14H23N5O. The number of rotatable bonds is 4. The zero-order chi connectivity index (χ0) is 13.9. The molecule has 2 heterocycles. The van der Waals surface area contributed by atoms with Gasteiger partial charge < -0.3 is 15.2 Å². The van der Waals surface area contributed by atoms with Crippen LogP contribution in [0.3, 0.4) is 0 Å². The SMILES string of the molecule is Cn1cnnc1CCNC(=O)C1CC2CCCCC2N1. The van der Waals surface area contributed by atoms with Gasteiger partial charge in [-0.05, 0) is 25.2 Å². The summed E-state index contributed by atoms with van der Waals surface area (Å²) in [6, 6.07) is 0.570. The number of nitrogens with zero attached hydrogens (tertiary/aromatic N) is 3. The van der Waals surface area contributed by atoms with E-state index in [9.17, 15) is 4.79 Å². The normalized spacial score (nSPS) is 29.1. The van der Waals surface area contributed by atoms with Gasteiger partial charge in [-0.15, -0.1) is 10.2 Å². The van der Waals surface area contributed by atoms with Gasteiger partial charge in [-0.2, -0.15) is 0 Å². The summed E-state index contributed by atoms with van der Waals surface area (Å²) in [6.45, 7) is 0.624. The number of nitrogens with one attached hydrogen (secondary N) is 2. The van der Waals surface area contributed by atoms with Crippen molar-refractivity contribution in [3.05, 3.63) is 12.2 Å². The Morgan fingerprint density at radius 2 is 2.35 bits per heavy atom. The van der Waals surface area contributed by atoms with Gasteiger partial charge in [0.25, 0.3) is 0 Å². The topological polar surface area (TPSA) is 71.8 Å². The van der Waals surface area contributed by atoms with Crippen molar-refractivity contribution in [2.75, 3.05) is 6.54 Å². The Morgan fingerprint density at radius 1 is 1.50 bits per heavy atom. The number of carbonyl (C=O) groups excluding carboxylic acids is 1. The molecule has 1 aromatic heterocycles. The van der Waals surface area contributed by atoms with Crippen molar-refractivity contribution < 1.29 is 4.79 Å². The van der Waals surface area contributed by atoms with Crippen LogP contribution in [0.15, 0.2) is 6.33 Å². The van der Waals surface area contributed by atoms with Gasteiger partial charge >= 0.3 is 0 Å². The Labute approximate surface area is 119 Å². The molecular weight excluding hydrogens is 254 g/mol. The second kappa shape index (κ2) is 5.91. The summed E-state index contributed by atoms with van der Waals surface area (Å²) in [4.78, 5) is 12.2. The highest BCUT2D eigenvalue weighted by molar-refractivity contribution is 5.82. The van der Waals surface area contributed by atoms with Crippen molar-refractivity contribution in [1.82, 2.24) is 25.4 Å². The number of fused-ring (bicyclic) bond motifs is 1. The van der Waals surface area contributed by atoms with Crippen LogP contribution in [-0.4, -0.2) is 39.3 Å². The second-order valence-electron chi connectivity index (χ2n) is 6.01. The number of aromatic nitrogens is 3. The lowest BCUT2D eigenvalue weighted by molar-refractivity contribution is -0.122. The van der Waals surface area contributed by atoms with Crippen LogP contribution in [0.1, 0.15) is 37.9 Å². The zero-order valence-corrected chi connectivity index (χ0v) is 12.0. The van der Waals surface area contributed by atoms with Gasteiger partial charge in [-0.1, -0.05) is 12.8 Å². The Hall–Kier alpha value is -1.43. The van der Waals surface area contributed by atoms with Crippen LogP contribution >= 0.6 is 0 Å². The lowest BCUT2D eigenvalue weighted by Crippen LogP contribution is -2.43. The molecule has 3 atom stereocenters. The van der Waals surface area contributed by atoms with Crippen molar-refractivity contribution in [2.45, 2.75) is 50.6 Å². The molecule has 1 aliphatic carbocycles. The van der Waals surface area contributed by atoms with Crippen LogP contribution in [0.4, 0.5) is 0 Å². The summed E-state index contributed by atoms with van der Waals surface area (Å²) in [5, 5.41) is 14.4. The quantitative estimate of drug-likeness (QED) is 0.835. The van der Waals surface area contributed by atoms with Crippen LogP contribution in [0, 0.1) is 5.92 Å². The summed E-state index contributed by atoms with van der Waals surface area (Å²) in [5.41, 5.74) is 0. The molecule has 2 fully saturated rings. The summed E-state index contributed by atoms with van der Waals surface area (Å²) < 4.78 is 1.88. The minimum absolute atomic E-state index is 0.00240. The number of aryl methyl sites for hydroxylation is 1. The number of hydrogen-bond donors (Lipinski definition) is 2. The fraction of sp³-hybridized carbons (Fsp3) is 0.786. The van der Waals surface area contributed by atoms with E-state index < -0.39 is 0 Å². The van der Waals surface area contributed by atoms with Crippen LogP contribution in [0.2, 0.25) is 0 Å². The van der Waals surface area contributed by atoms with Crippen LogP contribution in [0.5, 0.6) is 0 Å². The highest BCUT2D eigenvalue weighted by Crippen LogP contribution is 2.33. The van der Waals surface area contributed by atoms with E-state index >= 15 is 0 Å². The van der Waals surface area contributed by atoms with Crippen LogP contribution in [-0.2, 0) is 18.3 Å². The molecule has 0 aromatic carbocycles. The average molecular weight is 277 g/mol. The summed E-state index contributed by atoms with van der Waals surface area (Å²) in [6.07, 6.45) is 8.54. The van der Waals surface area contributed by atoms with E-state index in [0.717, 1.165) is 18.7 Å². The minimum atomic E-state index is 0.00240. The molecule has 1 aromatic rings. The highest BCUT2D eigenvalue weighted by Gasteiger charge is 2.37. The predicted molar refractivity (Wildman–Crippen MR) is 75.0 cm³/mol.